The van der Waals surface area contributed by atoms with Gasteiger partial charge in [0.1, 0.15) is 5.75 Å². The van der Waals surface area contributed by atoms with E-state index in [0.29, 0.717) is 12.5 Å². The molecule has 1 aromatic carbocycles. The van der Waals surface area contributed by atoms with Gasteiger partial charge in [-0.3, -0.25) is 4.90 Å². The molecule has 2 N–H and O–H groups in total. The molecule has 110 valence electrons. The SMILES string of the molecule is CCN(Cc1ccc(OC)c(C#CCN)c1)CC(C)C. The Kier molecular flexibility index (Phi) is 7.14. The Bertz CT molecular complexity index is 472. The van der Waals surface area contributed by atoms with Gasteiger partial charge in [-0.2, -0.15) is 0 Å². The van der Waals surface area contributed by atoms with Crippen LogP contribution >= 0.6 is 0 Å². The van der Waals surface area contributed by atoms with Crippen LogP contribution in [-0.4, -0.2) is 31.6 Å². The molecule has 0 aliphatic carbocycles. The van der Waals surface area contributed by atoms with Gasteiger partial charge in [-0.25, -0.2) is 0 Å². The lowest BCUT2D eigenvalue weighted by Gasteiger charge is -2.22. The Labute approximate surface area is 123 Å². The van der Waals surface area contributed by atoms with Crippen LogP contribution in [0.5, 0.6) is 5.75 Å². The monoisotopic (exact) mass is 274 g/mol. The summed E-state index contributed by atoms with van der Waals surface area (Å²) in [6.45, 7) is 10.1. The highest BCUT2D eigenvalue weighted by atomic mass is 16.5. The average Bonchev–Trinajstić information content (AvgIpc) is 2.44. The predicted octanol–water partition coefficient (Wildman–Crippen LogP) is 2.48. The summed E-state index contributed by atoms with van der Waals surface area (Å²) in [6.07, 6.45) is 0. The van der Waals surface area contributed by atoms with Gasteiger partial charge >= 0.3 is 0 Å². The van der Waals surface area contributed by atoms with Crippen LogP contribution in [0.3, 0.4) is 0 Å². The molecule has 0 heterocycles. The van der Waals surface area contributed by atoms with Crippen molar-refractivity contribution >= 4 is 0 Å². The van der Waals surface area contributed by atoms with Gasteiger partial charge in [-0.1, -0.05) is 38.7 Å². The Hall–Kier alpha value is -1.50. The molecular formula is C17H26N2O. The van der Waals surface area contributed by atoms with Crippen LogP contribution in [-0.2, 0) is 6.54 Å². The lowest BCUT2D eigenvalue weighted by atomic mass is 10.1. The number of hydrogen-bond acceptors (Lipinski definition) is 3. The molecule has 0 amide bonds. The zero-order valence-electron chi connectivity index (χ0n) is 13.1. The van der Waals surface area contributed by atoms with Crippen LogP contribution in [0.4, 0.5) is 0 Å². The Morgan fingerprint density at radius 1 is 1.35 bits per heavy atom. The van der Waals surface area contributed by atoms with Gasteiger partial charge < -0.3 is 10.5 Å². The van der Waals surface area contributed by atoms with E-state index in [1.54, 1.807) is 7.11 Å². The molecule has 1 rings (SSSR count). The van der Waals surface area contributed by atoms with Gasteiger partial charge in [0.25, 0.3) is 0 Å². The zero-order valence-corrected chi connectivity index (χ0v) is 13.1. The van der Waals surface area contributed by atoms with E-state index < -0.39 is 0 Å². The summed E-state index contributed by atoms with van der Waals surface area (Å²) in [5, 5.41) is 0. The minimum atomic E-state index is 0.363. The lowest BCUT2D eigenvalue weighted by molar-refractivity contribution is 0.248. The van der Waals surface area contributed by atoms with Crippen molar-refractivity contribution in [3.8, 4) is 17.6 Å². The quantitative estimate of drug-likeness (QED) is 0.810. The van der Waals surface area contributed by atoms with Gasteiger partial charge in [-0.05, 0) is 30.2 Å². The molecule has 0 spiro atoms. The smallest absolute Gasteiger partial charge is 0.134 e. The Morgan fingerprint density at radius 2 is 2.10 bits per heavy atom. The number of rotatable bonds is 6. The number of methoxy groups -OCH3 is 1. The van der Waals surface area contributed by atoms with Gasteiger partial charge in [0.05, 0.1) is 19.2 Å². The fraction of sp³-hybridized carbons (Fsp3) is 0.529. The van der Waals surface area contributed by atoms with Crippen molar-refractivity contribution in [1.29, 1.82) is 0 Å². The molecule has 0 aliphatic rings. The molecular weight excluding hydrogens is 248 g/mol. The fourth-order valence-electron chi connectivity index (χ4n) is 2.18. The molecule has 3 heteroatoms. The first-order valence-corrected chi connectivity index (χ1v) is 7.18. The van der Waals surface area contributed by atoms with E-state index in [1.165, 1.54) is 5.56 Å². The van der Waals surface area contributed by atoms with Crippen LogP contribution < -0.4 is 10.5 Å². The maximum absolute atomic E-state index is 5.44. The van der Waals surface area contributed by atoms with E-state index in [2.05, 4.69) is 49.6 Å². The molecule has 0 aromatic heterocycles. The largest absolute Gasteiger partial charge is 0.495 e. The summed E-state index contributed by atoms with van der Waals surface area (Å²) in [7, 11) is 1.67. The topological polar surface area (TPSA) is 38.5 Å². The maximum atomic E-state index is 5.44. The van der Waals surface area contributed by atoms with Crippen molar-refractivity contribution in [3.05, 3.63) is 29.3 Å². The number of hydrogen-bond donors (Lipinski definition) is 1. The van der Waals surface area contributed by atoms with Crippen molar-refractivity contribution in [1.82, 2.24) is 4.90 Å². The third kappa shape index (κ3) is 5.24. The minimum Gasteiger partial charge on any atom is -0.495 e. The first-order chi connectivity index (χ1) is 9.60. The standard InChI is InChI=1S/C17H26N2O/c1-5-19(12-14(2)3)13-15-8-9-17(20-4)16(11-15)7-6-10-18/h8-9,11,14H,5,10,12-13,18H2,1-4H3. The van der Waals surface area contributed by atoms with Gasteiger partial charge in [0.15, 0.2) is 0 Å². The summed E-state index contributed by atoms with van der Waals surface area (Å²) in [5.41, 5.74) is 7.61. The van der Waals surface area contributed by atoms with Crippen LogP contribution in [0.25, 0.3) is 0 Å². The first kappa shape index (κ1) is 16.6. The number of nitrogens with zero attached hydrogens (tertiary/aromatic N) is 1. The molecule has 20 heavy (non-hydrogen) atoms. The van der Waals surface area contributed by atoms with E-state index in [0.717, 1.165) is 30.9 Å². The van der Waals surface area contributed by atoms with Crippen LogP contribution in [0.1, 0.15) is 31.9 Å². The molecule has 0 bridgehead atoms. The van der Waals surface area contributed by atoms with E-state index in [-0.39, 0.29) is 0 Å². The second-order valence-corrected chi connectivity index (χ2v) is 5.26. The third-order valence-electron chi connectivity index (χ3n) is 3.07. The second kappa shape index (κ2) is 8.63. The highest BCUT2D eigenvalue weighted by Crippen LogP contribution is 2.20. The average molecular weight is 274 g/mol. The van der Waals surface area contributed by atoms with Gasteiger partial charge in [0, 0.05) is 13.1 Å². The minimum absolute atomic E-state index is 0.363. The lowest BCUT2D eigenvalue weighted by Crippen LogP contribution is -2.27. The van der Waals surface area contributed by atoms with Crippen molar-refractivity contribution in [2.75, 3.05) is 26.7 Å². The van der Waals surface area contributed by atoms with E-state index in [4.69, 9.17) is 10.5 Å². The maximum Gasteiger partial charge on any atom is 0.134 e. The Morgan fingerprint density at radius 3 is 2.65 bits per heavy atom. The first-order valence-electron chi connectivity index (χ1n) is 7.18. The molecule has 0 atom stereocenters. The number of nitrogens with two attached hydrogens (primary N) is 1. The molecule has 0 radical (unpaired) electrons. The summed E-state index contributed by atoms with van der Waals surface area (Å²) in [5.74, 6) is 7.45. The summed E-state index contributed by atoms with van der Waals surface area (Å²) >= 11 is 0. The van der Waals surface area contributed by atoms with Crippen LogP contribution in [0.15, 0.2) is 18.2 Å². The normalized spacial score (nSPS) is 10.6. The van der Waals surface area contributed by atoms with Gasteiger partial charge in [0.2, 0.25) is 0 Å². The summed E-state index contributed by atoms with van der Waals surface area (Å²) in [4.78, 5) is 2.44. The van der Waals surface area contributed by atoms with Crippen LogP contribution in [0.2, 0.25) is 0 Å². The van der Waals surface area contributed by atoms with Crippen molar-refractivity contribution in [3.63, 3.8) is 0 Å². The highest BCUT2D eigenvalue weighted by Gasteiger charge is 2.08. The highest BCUT2D eigenvalue weighted by molar-refractivity contribution is 5.48. The van der Waals surface area contributed by atoms with Crippen molar-refractivity contribution < 1.29 is 4.74 Å². The summed E-state index contributed by atoms with van der Waals surface area (Å²) in [6, 6.07) is 6.19. The molecule has 1 aromatic rings. The zero-order chi connectivity index (χ0) is 15.0. The fourth-order valence-corrected chi connectivity index (χ4v) is 2.18. The molecule has 0 fully saturated rings. The van der Waals surface area contributed by atoms with Crippen LogP contribution in [0, 0.1) is 17.8 Å². The molecule has 0 unspecified atom stereocenters. The van der Waals surface area contributed by atoms with Crippen molar-refractivity contribution in [2.45, 2.75) is 27.3 Å². The molecule has 0 aliphatic heterocycles. The van der Waals surface area contributed by atoms with E-state index in [9.17, 15) is 0 Å². The second-order valence-electron chi connectivity index (χ2n) is 5.26. The van der Waals surface area contributed by atoms with E-state index in [1.807, 2.05) is 6.07 Å². The third-order valence-corrected chi connectivity index (χ3v) is 3.07. The summed E-state index contributed by atoms with van der Waals surface area (Å²) < 4.78 is 5.34. The van der Waals surface area contributed by atoms with Gasteiger partial charge in [-0.15, -0.1) is 0 Å². The number of benzene rings is 1. The predicted molar refractivity (Wildman–Crippen MR) is 84.7 cm³/mol. The number of ether oxygens (including phenoxy) is 1. The molecule has 0 saturated carbocycles. The van der Waals surface area contributed by atoms with Crippen molar-refractivity contribution in [2.24, 2.45) is 11.7 Å². The van der Waals surface area contributed by atoms with E-state index >= 15 is 0 Å². The Balaban J connectivity index is 2.90. The molecule has 3 nitrogen and oxygen atoms in total. The molecule has 0 saturated heterocycles.